The van der Waals surface area contributed by atoms with Crippen LogP contribution in [0.1, 0.15) is 24.5 Å². The third-order valence-electron chi connectivity index (χ3n) is 8.13. The first kappa shape index (κ1) is 36.1. The lowest BCUT2D eigenvalue weighted by atomic mass is 10.0. The van der Waals surface area contributed by atoms with Gasteiger partial charge in [-0.1, -0.05) is 24.6 Å². The number of benzene rings is 3. The minimum absolute atomic E-state index is 0.0350. The van der Waals surface area contributed by atoms with Gasteiger partial charge in [-0.3, -0.25) is 9.59 Å². The van der Waals surface area contributed by atoms with E-state index in [0.29, 0.717) is 46.6 Å². The molecule has 1 aliphatic rings. The summed E-state index contributed by atoms with van der Waals surface area (Å²) in [5.41, 5.74) is 0.218. The molecule has 0 saturated carbocycles. The number of nitrogens with zero attached hydrogens (tertiary/aromatic N) is 3. The van der Waals surface area contributed by atoms with Crippen molar-refractivity contribution in [2.45, 2.75) is 32.4 Å². The maximum atomic E-state index is 14.3. The van der Waals surface area contributed by atoms with Crippen molar-refractivity contribution < 1.29 is 27.5 Å². The number of methoxy groups -OCH3 is 1. The summed E-state index contributed by atoms with van der Waals surface area (Å²) in [5.74, 6) is -0.231. The van der Waals surface area contributed by atoms with Gasteiger partial charge >= 0.3 is 6.18 Å². The third-order valence-corrected chi connectivity index (χ3v) is 8.48. The van der Waals surface area contributed by atoms with Gasteiger partial charge in [0.1, 0.15) is 23.6 Å². The second-order valence-electron chi connectivity index (χ2n) is 11.4. The van der Waals surface area contributed by atoms with Crippen LogP contribution >= 0.6 is 11.6 Å². The number of aryl methyl sites for hydroxylation is 2. The van der Waals surface area contributed by atoms with Crippen LogP contribution in [0.3, 0.4) is 0 Å². The fourth-order valence-electron chi connectivity index (χ4n) is 5.48. The number of hydrogen-bond donors (Lipinski definition) is 5. The third kappa shape index (κ3) is 8.68. The number of fused-ring (bicyclic) bond motifs is 1. The molecule has 0 bridgehead atoms. The van der Waals surface area contributed by atoms with E-state index in [1.807, 2.05) is 12.1 Å². The lowest BCUT2D eigenvalue weighted by Gasteiger charge is -2.29. The Morgan fingerprint density at radius 2 is 1.68 bits per heavy atom. The summed E-state index contributed by atoms with van der Waals surface area (Å²) >= 11 is 6.77. The molecule has 262 valence electrons. The smallest absolute Gasteiger partial charge is 0.432 e. The Kier molecular flexibility index (Phi) is 11.5. The number of allylic oxidation sites excluding steroid dienone is 1. The molecular formula is C35H36ClF3N8O3. The van der Waals surface area contributed by atoms with Crippen LogP contribution in [-0.4, -0.2) is 67.5 Å². The maximum Gasteiger partial charge on any atom is 0.432 e. The van der Waals surface area contributed by atoms with E-state index in [-0.39, 0.29) is 23.7 Å². The average Bonchev–Trinajstić information content (AvgIpc) is 3.11. The Balaban J connectivity index is 1.44. The van der Waals surface area contributed by atoms with Crippen molar-refractivity contribution in [1.82, 2.24) is 15.3 Å². The summed E-state index contributed by atoms with van der Waals surface area (Å²) in [6, 6.07) is 14.2. The number of amides is 2. The molecule has 0 unspecified atom stereocenters. The number of alkyl halides is 3. The molecule has 15 heteroatoms. The van der Waals surface area contributed by atoms with Crippen LogP contribution in [0.15, 0.2) is 72.2 Å². The Morgan fingerprint density at radius 1 is 0.980 bits per heavy atom. The molecule has 0 radical (unpaired) electrons. The fourth-order valence-corrected chi connectivity index (χ4v) is 5.74. The minimum atomic E-state index is -5.01. The normalized spacial score (nSPS) is 13.8. The Bertz CT molecular complexity index is 1910. The van der Waals surface area contributed by atoms with E-state index in [1.165, 1.54) is 43.8 Å². The molecule has 11 nitrogen and oxygen atoms in total. The molecule has 1 saturated heterocycles. The highest BCUT2D eigenvalue weighted by molar-refractivity contribution is 6.32. The molecule has 1 aromatic heterocycles. The number of ether oxygens (including phenoxy) is 1. The van der Waals surface area contributed by atoms with E-state index < -0.39 is 23.4 Å². The van der Waals surface area contributed by atoms with Gasteiger partial charge in [-0.2, -0.15) is 13.2 Å². The summed E-state index contributed by atoms with van der Waals surface area (Å²) in [6.07, 6.45) is -2.24. The largest absolute Gasteiger partial charge is 0.497 e. The maximum absolute atomic E-state index is 14.3. The van der Waals surface area contributed by atoms with Crippen LogP contribution in [0.25, 0.3) is 10.9 Å². The van der Waals surface area contributed by atoms with Crippen molar-refractivity contribution >= 4 is 63.4 Å². The number of nitrogens with one attached hydrogen (secondary N) is 5. The average molecular weight is 709 g/mol. The highest BCUT2D eigenvalue weighted by Crippen LogP contribution is 2.33. The molecule has 50 heavy (non-hydrogen) atoms. The molecule has 5 N–H and O–H groups in total. The van der Waals surface area contributed by atoms with Crippen LogP contribution in [0.5, 0.6) is 5.75 Å². The van der Waals surface area contributed by atoms with Crippen LogP contribution in [-0.2, 0) is 22.4 Å². The zero-order valence-electron chi connectivity index (χ0n) is 27.4. The van der Waals surface area contributed by atoms with Gasteiger partial charge in [-0.25, -0.2) is 9.97 Å². The van der Waals surface area contributed by atoms with E-state index >= 15 is 0 Å². The van der Waals surface area contributed by atoms with Gasteiger partial charge in [0.15, 0.2) is 0 Å². The molecule has 0 atom stereocenters. The SMILES string of the molecule is CCC(=O)Nc1ccc(CCc2cc3ncnc(N4CCNCC4)c3cc2Cl)c(NC(=O)/C(C=N)=C(/Nc2ccc(OC)cc2)C(F)(F)F)c1. The Morgan fingerprint density at radius 3 is 2.34 bits per heavy atom. The van der Waals surface area contributed by atoms with Crippen molar-refractivity contribution in [2.24, 2.45) is 0 Å². The van der Waals surface area contributed by atoms with E-state index in [1.54, 1.807) is 19.1 Å². The standard InChI is InChI=1S/C35H36ClF3N8O3/c1-3-31(48)44-24-7-6-21(4-5-22-16-30-26(18-28(22)36)33(43-20-42-30)47-14-12-41-13-15-47)29(17-24)46-34(49)27(19-40)32(35(37,38)39)45-23-8-10-25(50-2)11-9-23/h6-11,16-20,40-41,45H,3-5,12-15H2,1-2H3,(H,44,48)(H,46,49)/b32-27+,40-19?. The zero-order valence-corrected chi connectivity index (χ0v) is 28.1. The van der Waals surface area contributed by atoms with Crippen molar-refractivity contribution in [3.8, 4) is 5.75 Å². The van der Waals surface area contributed by atoms with E-state index in [0.717, 1.165) is 42.9 Å². The molecule has 2 amide bonds. The number of piperazine rings is 1. The molecule has 0 spiro atoms. The van der Waals surface area contributed by atoms with E-state index in [2.05, 4.69) is 36.1 Å². The summed E-state index contributed by atoms with van der Waals surface area (Å²) in [5, 5.41) is 19.9. The number of hydrogen-bond acceptors (Lipinski definition) is 9. The molecule has 2 heterocycles. The molecular weight excluding hydrogens is 673 g/mol. The topological polar surface area (TPSA) is 144 Å². The fraction of sp³-hybridized carbons (Fsp3) is 0.286. The second-order valence-corrected chi connectivity index (χ2v) is 11.8. The second kappa shape index (κ2) is 16.0. The molecule has 1 aliphatic heterocycles. The highest BCUT2D eigenvalue weighted by Gasteiger charge is 2.38. The zero-order chi connectivity index (χ0) is 35.8. The van der Waals surface area contributed by atoms with Crippen LogP contribution in [0.4, 0.5) is 36.1 Å². The number of carbonyl (C=O) groups excluding carboxylic acids is 2. The van der Waals surface area contributed by atoms with Crippen LogP contribution < -0.4 is 30.9 Å². The van der Waals surface area contributed by atoms with Crippen LogP contribution in [0.2, 0.25) is 5.02 Å². The lowest BCUT2D eigenvalue weighted by Crippen LogP contribution is -2.44. The van der Waals surface area contributed by atoms with Gasteiger partial charge < -0.3 is 36.3 Å². The van der Waals surface area contributed by atoms with Crippen molar-refractivity contribution in [2.75, 3.05) is 54.1 Å². The van der Waals surface area contributed by atoms with E-state index in [9.17, 15) is 22.8 Å². The first-order valence-electron chi connectivity index (χ1n) is 15.9. The number of anilines is 4. The van der Waals surface area contributed by atoms with E-state index in [4.69, 9.17) is 21.7 Å². The first-order chi connectivity index (χ1) is 24.0. The summed E-state index contributed by atoms with van der Waals surface area (Å²) in [4.78, 5) is 36.8. The minimum Gasteiger partial charge on any atom is -0.497 e. The van der Waals surface area contributed by atoms with Crippen LogP contribution in [0, 0.1) is 5.41 Å². The number of rotatable bonds is 12. The summed E-state index contributed by atoms with van der Waals surface area (Å²) < 4.78 is 48.0. The van der Waals surface area contributed by atoms with Crippen molar-refractivity contribution in [3.63, 3.8) is 0 Å². The quantitative estimate of drug-likeness (QED) is 0.0846. The van der Waals surface area contributed by atoms with Gasteiger partial charge in [0.05, 0.1) is 18.2 Å². The summed E-state index contributed by atoms with van der Waals surface area (Å²) in [6.45, 7) is 4.94. The van der Waals surface area contributed by atoms with Gasteiger partial charge in [0, 0.05) is 66.3 Å². The molecule has 0 aliphatic carbocycles. The molecule has 3 aromatic carbocycles. The van der Waals surface area contributed by atoms with Gasteiger partial charge in [-0.15, -0.1) is 0 Å². The number of aromatic nitrogens is 2. The first-order valence-corrected chi connectivity index (χ1v) is 16.2. The van der Waals surface area contributed by atoms with Gasteiger partial charge in [0.25, 0.3) is 5.91 Å². The van der Waals surface area contributed by atoms with Gasteiger partial charge in [-0.05, 0) is 72.5 Å². The van der Waals surface area contributed by atoms with Gasteiger partial charge in [0.2, 0.25) is 5.91 Å². The summed E-state index contributed by atoms with van der Waals surface area (Å²) in [7, 11) is 1.42. The molecule has 1 fully saturated rings. The Hall–Kier alpha value is -5.21. The predicted molar refractivity (Wildman–Crippen MR) is 190 cm³/mol. The predicted octanol–water partition coefficient (Wildman–Crippen LogP) is 6.35. The highest BCUT2D eigenvalue weighted by atomic mass is 35.5. The Labute approximate surface area is 291 Å². The number of carbonyl (C=O) groups is 2. The molecule has 4 aromatic rings. The molecule has 5 rings (SSSR count). The van der Waals surface area contributed by atoms with Crippen molar-refractivity contribution in [3.05, 3.63) is 88.3 Å². The lowest BCUT2D eigenvalue weighted by molar-refractivity contribution is -0.116. The number of halogens is 4. The monoisotopic (exact) mass is 708 g/mol. The van der Waals surface area contributed by atoms with Crippen molar-refractivity contribution in [1.29, 1.82) is 5.41 Å².